The second kappa shape index (κ2) is 9.77. The molecule has 1 saturated carbocycles. The van der Waals surface area contributed by atoms with Crippen molar-refractivity contribution in [3.8, 4) is 11.3 Å². The number of carbonyl (C=O) groups is 1. The van der Waals surface area contributed by atoms with E-state index in [0.29, 0.717) is 36.0 Å². The molecule has 0 unspecified atom stereocenters. The van der Waals surface area contributed by atoms with Crippen LogP contribution in [0.3, 0.4) is 0 Å². The summed E-state index contributed by atoms with van der Waals surface area (Å²) in [5.41, 5.74) is -0.882. The highest BCUT2D eigenvalue weighted by molar-refractivity contribution is 7.93. The minimum Gasteiger partial charge on any atom is -0.325 e. The van der Waals surface area contributed by atoms with Crippen LogP contribution < -0.4 is 10.0 Å². The molecule has 4 rings (SSSR count). The van der Waals surface area contributed by atoms with Gasteiger partial charge in [0.2, 0.25) is 15.9 Å². The lowest BCUT2D eigenvalue weighted by Crippen LogP contribution is -2.35. The van der Waals surface area contributed by atoms with Gasteiger partial charge in [-0.25, -0.2) is 18.4 Å². The molecule has 0 atom stereocenters. The van der Waals surface area contributed by atoms with Gasteiger partial charge < -0.3 is 5.32 Å². The summed E-state index contributed by atoms with van der Waals surface area (Å²) in [5.74, 6) is -0.385. The van der Waals surface area contributed by atoms with E-state index in [1.165, 1.54) is 18.3 Å². The van der Waals surface area contributed by atoms with Crippen molar-refractivity contribution in [1.29, 1.82) is 0 Å². The maximum Gasteiger partial charge on any atom is 0.434 e. The zero-order valence-corrected chi connectivity index (χ0v) is 21.1. The number of amides is 1. The minimum absolute atomic E-state index is 0.0538. The maximum absolute atomic E-state index is 13.0. The molecule has 192 valence electrons. The van der Waals surface area contributed by atoms with E-state index >= 15 is 0 Å². The fraction of sp³-hybridized carbons (Fsp3) is 0.391. The van der Waals surface area contributed by atoms with E-state index in [1.54, 1.807) is 31.4 Å². The molecule has 1 aliphatic rings. The molecule has 13 heteroatoms. The van der Waals surface area contributed by atoms with E-state index < -0.39 is 32.6 Å². The molecule has 0 saturated heterocycles. The smallest absolute Gasteiger partial charge is 0.325 e. The van der Waals surface area contributed by atoms with Gasteiger partial charge in [0.1, 0.15) is 0 Å². The average Bonchev–Trinajstić information content (AvgIpc) is 3.52. The van der Waals surface area contributed by atoms with E-state index in [2.05, 4.69) is 25.0 Å². The van der Waals surface area contributed by atoms with Gasteiger partial charge in [0, 0.05) is 16.6 Å². The van der Waals surface area contributed by atoms with Crippen molar-refractivity contribution in [3.63, 3.8) is 0 Å². The lowest BCUT2D eigenvalue weighted by Gasteiger charge is -2.21. The van der Waals surface area contributed by atoms with Crippen molar-refractivity contribution >= 4 is 38.1 Å². The number of thiazole rings is 1. The van der Waals surface area contributed by atoms with E-state index in [9.17, 15) is 26.4 Å². The van der Waals surface area contributed by atoms with Gasteiger partial charge >= 0.3 is 6.18 Å². The van der Waals surface area contributed by atoms with Crippen LogP contribution in [0.4, 0.5) is 24.0 Å². The first kappa shape index (κ1) is 26.0. The Bertz CT molecular complexity index is 1350. The van der Waals surface area contributed by atoms with Crippen LogP contribution in [0, 0.1) is 0 Å². The Hall–Kier alpha value is -3.06. The summed E-state index contributed by atoms with van der Waals surface area (Å²) in [6, 6.07) is 6.16. The van der Waals surface area contributed by atoms with E-state index in [-0.39, 0.29) is 16.7 Å². The third-order valence-corrected chi connectivity index (χ3v) is 8.76. The highest BCUT2D eigenvalue weighted by Crippen LogP contribution is 2.32. The van der Waals surface area contributed by atoms with Gasteiger partial charge in [-0.3, -0.25) is 14.5 Å². The van der Waals surface area contributed by atoms with Gasteiger partial charge in [-0.05, 0) is 38.8 Å². The van der Waals surface area contributed by atoms with Crippen LogP contribution in [-0.2, 0) is 26.4 Å². The normalized spacial score (nSPS) is 15.1. The van der Waals surface area contributed by atoms with Crippen molar-refractivity contribution in [2.45, 2.75) is 56.4 Å². The first-order valence-corrected chi connectivity index (χ1v) is 13.6. The van der Waals surface area contributed by atoms with Gasteiger partial charge in [-0.1, -0.05) is 25.0 Å². The molecule has 0 spiro atoms. The number of halogens is 3. The lowest BCUT2D eigenvalue weighted by molar-refractivity contribution is -0.141. The summed E-state index contributed by atoms with van der Waals surface area (Å²) < 4.78 is 66.4. The molecule has 2 heterocycles. The van der Waals surface area contributed by atoms with Gasteiger partial charge in [0.25, 0.3) is 0 Å². The van der Waals surface area contributed by atoms with Crippen molar-refractivity contribution in [3.05, 3.63) is 53.4 Å². The van der Waals surface area contributed by atoms with Crippen molar-refractivity contribution in [2.24, 2.45) is 0 Å². The Morgan fingerprint density at radius 2 is 1.69 bits per heavy atom. The highest BCUT2D eigenvalue weighted by atomic mass is 32.2. The second-order valence-corrected chi connectivity index (χ2v) is 11.9. The molecule has 3 aromatic rings. The summed E-state index contributed by atoms with van der Waals surface area (Å²) in [5, 5.41) is 4.20. The van der Waals surface area contributed by atoms with Crippen LogP contribution in [0.1, 0.15) is 50.9 Å². The number of hydrogen-bond donors (Lipinski definition) is 2. The zero-order valence-electron chi connectivity index (χ0n) is 19.5. The molecule has 1 aromatic carbocycles. The molecule has 0 bridgehead atoms. The molecule has 0 radical (unpaired) electrons. The minimum atomic E-state index is -4.60. The number of carbonyl (C=O) groups excluding carboxylic acids is 1. The van der Waals surface area contributed by atoms with Crippen molar-refractivity contribution < 1.29 is 26.4 Å². The Morgan fingerprint density at radius 1 is 1.03 bits per heavy atom. The molecule has 1 fully saturated rings. The Balaban J connectivity index is 1.44. The standard InChI is InChI=1S/C23H24F3N5O3S2/c1-22(2,19-13-35-21(30-19)31-36(33,34)16-5-3-4-6-16)20(32)28-15-9-7-14(8-10-15)17-11-27-12-18(29-17)23(24,25)26/h7-13,16H,3-6H2,1-2H3,(H,28,32)(H,30,31). The zero-order chi connectivity index (χ0) is 26.1. The molecule has 36 heavy (non-hydrogen) atoms. The third-order valence-electron chi connectivity index (χ3n) is 6.05. The quantitative estimate of drug-likeness (QED) is 0.426. The number of anilines is 2. The molecular formula is C23H24F3N5O3S2. The van der Waals surface area contributed by atoms with Crippen molar-refractivity contribution in [1.82, 2.24) is 15.0 Å². The van der Waals surface area contributed by atoms with E-state index in [4.69, 9.17) is 0 Å². The van der Waals surface area contributed by atoms with E-state index in [1.807, 2.05) is 0 Å². The molecule has 2 aromatic heterocycles. The van der Waals surface area contributed by atoms with Crippen LogP contribution in [-0.4, -0.2) is 34.5 Å². The SMILES string of the molecule is CC(C)(C(=O)Nc1ccc(-c2cncc(C(F)(F)F)n2)cc1)c1csc(NS(=O)(=O)C2CCCC2)n1. The number of nitrogens with one attached hydrogen (secondary N) is 2. The maximum atomic E-state index is 13.0. The van der Waals surface area contributed by atoms with Crippen LogP contribution in [0.5, 0.6) is 0 Å². The first-order chi connectivity index (χ1) is 16.9. The average molecular weight is 540 g/mol. The van der Waals surface area contributed by atoms with Crippen LogP contribution >= 0.6 is 11.3 Å². The fourth-order valence-electron chi connectivity index (χ4n) is 3.78. The van der Waals surface area contributed by atoms with Gasteiger partial charge in [0.05, 0.1) is 34.4 Å². The van der Waals surface area contributed by atoms with Gasteiger partial charge in [0.15, 0.2) is 10.8 Å². The summed E-state index contributed by atoms with van der Waals surface area (Å²) in [4.78, 5) is 24.6. The highest BCUT2D eigenvalue weighted by Gasteiger charge is 2.35. The van der Waals surface area contributed by atoms with Crippen LogP contribution in [0.15, 0.2) is 42.0 Å². The van der Waals surface area contributed by atoms with Gasteiger partial charge in [-0.2, -0.15) is 13.2 Å². The topological polar surface area (TPSA) is 114 Å². The summed E-state index contributed by atoms with van der Waals surface area (Å²) in [6.07, 6.45) is 0.304. The predicted octanol–water partition coefficient (Wildman–Crippen LogP) is 5.22. The second-order valence-electron chi connectivity index (χ2n) is 9.04. The summed E-state index contributed by atoms with van der Waals surface area (Å²) in [6.45, 7) is 3.33. The number of rotatable bonds is 7. The Kier molecular flexibility index (Phi) is 7.06. The largest absolute Gasteiger partial charge is 0.434 e. The first-order valence-electron chi connectivity index (χ1n) is 11.1. The molecule has 0 aliphatic heterocycles. The van der Waals surface area contributed by atoms with Crippen LogP contribution in [0.2, 0.25) is 0 Å². The number of benzene rings is 1. The number of nitrogens with zero attached hydrogens (tertiary/aromatic N) is 3. The molecule has 1 aliphatic carbocycles. The molecular weight excluding hydrogens is 515 g/mol. The number of sulfonamides is 1. The fourth-order valence-corrected chi connectivity index (χ4v) is 6.45. The predicted molar refractivity (Wildman–Crippen MR) is 131 cm³/mol. The lowest BCUT2D eigenvalue weighted by atomic mass is 9.89. The summed E-state index contributed by atoms with van der Waals surface area (Å²) in [7, 11) is -3.53. The van der Waals surface area contributed by atoms with Gasteiger partial charge in [-0.15, -0.1) is 11.3 Å². The number of hydrogen-bond acceptors (Lipinski definition) is 7. The van der Waals surface area contributed by atoms with Crippen molar-refractivity contribution in [2.75, 3.05) is 10.0 Å². The van der Waals surface area contributed by atoms with E-state index in [0.717, 1.165) is 24.2 Å². The number of aromatic nitrogens is 3. The molecule has 1 amide bonds. The van der Waals surface area contributed by atoms with Crippen LogP contribution in [0.25, 0.3) is 11.3 Å². The third kappa shape index (κ3) is 5.67. The Morgan fingerprint density at radius 3 is 2.33 bits per heavy atom. The molecule has 2 N–H and O–H groups in total. The monoisotopic (exact) mass is 539 g/mol. The summed E-state index contributed by atoms with van der Waals surface area (Å²) >= 11 is 1.11. The molecule has 8 nitrogen and oxygen atoms in total. The Labute approximate surface area is 210 Å². The number of alkyl halides is 3.